The smallest absolute Gasteiger partial charge is 0.119 e. The highest BCUT2D eigenvalue weighted by molar-refractivity contribution is 5.39. The van der Waals surface area contributed by atoms with Gasteiger partial charge in [-0.05, 0) is 37.6 Å². The maximum atomic E-state index is 5.91. The number of rotatable bonds is 5. The predicted octanol–water partition coefficient (Wildman–Crippen LogP) is 2.68. The summed E-state index contributed by atoms with van der Waals surface area (Å²) in [5, 5.41) is 0. The fourth-order valence-electron chi connectivity index (χ4n) is 1.78. The molecule has 0 radical (unpaired) electrons. The SMILES string of the molecule is CCCOc1ccc(-n2cncc2C(C)N)cc1. The van der Waals surface area contributed by atoms with Gasteiger partial charge in [0.1, 0.15) is 5.75 Å². The fraction of sp³-hybridized carbons (Fsp3) is 0.357. The van der Waals surface area contributed by atoms with Crippen LogP contribution in [0, 0.1) is 0 Å². The van der Waals surface area contributed by atoms with Crippen molar-refractivity contribution >= 4 is 0 Å². The van der Waals surface area contributed by atoms with Crippen LogP contribution in [-0.2, 0) is 0 Å². The van der Waals surface area contributed by atoms with Gasteiger partial charge in [0, 0.05) is 11.7 Å². The molecular weight excluding hydrogens is 226 g/mol. The van der Waals surface area contributed by atoms with Gasteiger partial charge in [-0.1, -0.05) is 6.92 Å². The molecule has 18 heavy (non-hydrogen) atoms. The van der Waals surface area contributed by atoms with E-state index in [1.807, 2.05) is 35.8 Å². The van der Waals surface area contributed by atoms with Crippen molar-refractivity contribution in [2.45, 2.75) is 26.3 Å². The highest BCUT2D eigenvalue weighted by Crippen LogP contribution is 2.19. The Labute approximate surface area is 107 Å². The zero-order valence-electron chi connectivity index (χ0n) is 10.8. The third kappa shape index (κ3) is 2.71. The zero-order valence-corrected chi connectivity index (χ0v) is 10.8. The Morgan fingerprint density at radius 1 is 1.33 bits per heavy atom. The molecule has 0 amide bonds. The highest BCUT2D eigenvalue weighted by atomic mass is 16.5. The van der Waals surface area contributed by atoms with E-state index in [4.69, 9.17) is 10.5 Å². The van der Waals surface area contributed by atoms with Crippen molar-refractivity contribution in [3.8, 4) is 11.4 Å². The molecule has 1 heterocycles. The lowest BCUT2D eigenvalue weighted by Gasteiger charge is -2.11. The van der Waals surface area contributed by atoms with Gasteiger partial charge in [0.25, 0.3) is 0 Å². The molecule has 0 aliphatic rings. The van der Waals surface area contributed by atoms with Gasteiger partial charge in [0.15, 0.2) is 0 Å². The van der Waals surface area contributed by atoms with Crippen molar-refractivity contribution in [1.29, 1.82) is 0 Å². The summed E-state index contributed by atoms with van der Waals surface area (Å²) in [6.07, 6.45) is 4.59. The molecule has 2 rings (SSSR count). The van der Waals surface area contributed by atoms with E-state index < -0.39 is 0 Å². The van der Waals surface area contributed by atoms with Gasteiger partial charge in [0.05, 0.1) is 24.8 Å². The van der Waals surface area contributed by atoms with Crippen molar-refractivity contribution in [3.63, 3.8) is 0 Å². The molecule has 0 aliphatic heterocycles. The van der Waals surface area contributed by atoms with Crippen molar-refractivity contribution in [1.82, 2.24) is 9.55 Å². The molecule has 4 heteroatoms. The second-order valence-corrected chi connectivity index (χ2v) is 4.32. The van der Waals surface area contributed by atoms with Crippen molar-refractivity contribution < 1.29 is 4.74 Å². The summed E-state index contributed by atoms with van der Waals surface area (Å²) in [6, 6.07) is 7.92. The first kappa shape index (κ1) is 12.6. The van der Waals surface area contributed by atoms with Crippen LogP contribution in [-0.4, -0.2) is 16.2 Å². The second-order valence-electron chi connectivity index (χ2n) is 4.32. The Morgan fingerprint density at radius 3 is 2.67 bits per heavy atom. The number of nitrogens with two attached hydrogens (primary N) is 1. The van der Waals surface area contributed by atoms with E-state index in [1.54, 1.807) is 12.5 Å². The lowest BCUT2D eigenvalue weighted by Crippen LogP contribution is -2.10. The lowest BCUT2D eigenvalue weighted by atomic mass is 10.2. The Bertz CT molecular complexity index is 488. The molecule has 1 aromatic carbocycles. The van der Waals surface area contributed by atoms with Crippen LogP contribution in [0.5, 0.6) is 5.75 Å². The maximum absolute atomic E-state index is 5.91. The van der Waals surface area contributed by atoms with Gasteiger partial charge >= 0.3 is 0 Å². The van der Waals surface area contributed by atoms with Gasteiger partial charge in [-0.3, -0.25) is 0 Å². The molecule has 1 aromatic heterocycles. The Balaban J connectivity index is 2.21. The van der Waals surface area contributed by atoms with Crippen LogP contribution in [0.2, 0.25) is 0 Å². The monoisotopic (exact) mass is 245 g/mol. The Morgan fingerprint density at radius 2 is 2.06 bits per heavy atom. The number of benzene rings is 1. The third-order valence-corrected chi connectivity index (χ3v) is 2.72. The summed E-state index contributed by atoms with van der Waals surface area (Å²) >= 11 is 0. The molecule has 0 aliphatic carbocycles. The molecule has 2 aromatic rings. The van der Waals surface area contributed by atoms with Gasteiger partial charge < -0.3 is 15.0 Å². The lowest BCUT2D eigenvalue weighted by molar-refractivity contribution is 0.317. The van der Waals surface area contributed by atoms with Crippen LogP contribution in [0.1, 0.15) is 32.0 Å². The minimum Gasteiger partial charge on any atom is -0.494 e. The maximum Gasteiger partial charge on any atom is 0.119 e. The second kappa shape index (κ2) is 5.69. The number of hydrogen-bond donors (Lipinski definition) is 1. The molecule has 0 fully saturated rings. The topological polar surface area (TPSA) is 53.1 Å². The molecule has 2 N–H and O–H groups in total. The van der Waals surface area contributed by atoms with E-state index in [2.05, 4.69) is 11.9 Å². The largest absolute Gasteiger partial charge is 0.494 e. The average molecular weight is 245 g/mol. The summed E-state index contributed by atoms with van der Waals surface area (Å²) in [5.74, 6) is 0.892. The molecular formula is C14H19N3O. The molecule has 0 spiro atoms. The first-order valence-electron chi connectivity index (χ1n) is 6.23. The predicted molar refractivity (Wildman–Crippen MR) is 72.0 cm³/mol. The third-order valence-electron chi connectivity index (χ3n) is 2.72. The molecule has 1 unspecified atom stereocenters. The molecule has 0 saturated heterocycles. The van der Waals surface area contributed by atoms with Gasteiger partial charge in [-0.25, -0.2) is 4.98 Å². The molecule has 96 valence electrons. The van der Waals surface area contributed by atoms with Gasteiger partial charge in [0.2, 0.25) is 0 Å². The van der Waals surface area contributed by atoms with Crippen LogP contribution in [0.4, 0.5) is 0 Å². The standard InChI is InChI=1S/C14H19N3O/c1-3-8-18-13-6-4-12(5-7-13)17-10-16-9-14(17)11(2)15/h4-7,9-11H,3,8,15H2,1-2H3. The minimum atomic E-state index is -0.0384. The van der Waals surface area contributed by atoms with Gasteiger partial charge in [-0.2, -0.15) is 0 Å². The van der Waals surface area contributed by atoms with Crippen LogP contribution >= 0.6 is 0 Å². The molecule has 0 bridgehead atoms. The van der Waals surface area contributed by atoms with Crippen LogP contribution in [0.3, 0.4) is 0 Å². The van der Waals surface area contributed by atoms with Crippen LogP contribution in [0.25, 0.3) is 5.69 Å². The van der Waals surface area contributed by atoms with Crippen molar-refractivity contribution in [2.24, 2.45) is 5.73 Å². The van der Waals surface area contributed by atoms with Gasteiger partial charge in [-0.15, -0.1) is 0 Å². The first-order valence-corrected chi connectivity index (χ1v) is 6.23. The summed E-state index contributed by atoms with van der Waals surface area (Å²) in [5.41, 5.74) is 7.95. The normalized spacial score (nSPS) is 12.4. The minimum absolute atomic E-state index is 0.0384. The average Bonchev–Trinajstić information content (AvgIpc) is 2.86. The molecule has 4 nitrogen and oxygen atoms in total. The fourth-order valence-corrected chi connectivity index (χ4v) is 1.78. The van der Waals surface area contributed by atoms with E-state index in [0.29, 0.717) is 0 Å². The van der Waals surface area contributed by atoms with E-state index in [-0.39, 0.29) is 6.04 Å². The number of nitrogens with zero attached hydrogens (tertiary/aromatic N) is 2. The van der Waals surface area contributed by atoms with Crippen molar-refractivity contribution in [2.75, 3.05) is 6.61 Å². The zero-order chi connectivity index (χ0) is 13.0. The van der Waals surface area contributed by atoms with Crippen molar-refractivity contribution in [3.05, 3.63) is 42.5 Å². The van der Waals surface area contributed by atoms with Crippen LogP contribution in [0.15, 0.2) is 36.8 Å². The molecule has 0 saturated carbocycles. The summed E-state index contributed by atoms with van der Waals surface area (Å²) in [4.78, 5) is 4.14. The number of imidazole rings is 1. The quantitative estimate of drug-likeness (QED) is 0.881. The van der Waals surface area contributed by atoms with Crippen LogP contribution < -0.4 is 10.5 Å². The summed E-state index contributed by atoms with van der Waals surface area (Å²) < 4.78 is 7.55. The first-order chi connectivity index (χ1) is 8.72. The molecule has 1 atom stereocenters. The summed E-state index contributed by atoms with van der Waals surface area (Å²) in [7, 11) is 0. The van der Waals surface area contributed by atoms with E-state index in [0.717, 1.165) is 30.2 Å². The summed E-state index contributed by atoms with van der Waals surface area (Å²) in [6.45, 7) is 4.79. The van der Waals surface area contributed by atoms with E-state index in [9.17, 15) is 0 Å². The Kier molecular flexibility index (Phi) is 3.99. The van der Waals surface area contributed by atoms with E-state index in [1.165, 1.54) is 0 Å². The Hall–Kier alpha value is -1.81. The highest BCUT2D eigenvalue weighted by Gasteiger charge is 2.08. The number of hydrogen-bond acceptors (Lipinski definition) is 3. The number of aromatic nitrogens is 2. The number of ether oxygens (including phenoxy) is 1. The van der Waals surface area contributed by atoms with E-state index >= 15 is 0 Å².